The van der Waals surface area contributed by atoms with Crippen LogP contribution >= 0.6 is 0 Å². The minimum atomic E-state index is 0.174. The molecule has 1 aliphatic rings. The van der Waals surface area contributed by atoms with E-state index in [0.717, 1.165) is 19.1 Å². The van der Waals surface area contributed by atoms with Gasteiger partial charge in [0.25, 0.3) is 0 Å². The highest BCUT2D eigenvalue weighted by Gasteiger charge is 2.33. The van der Waals surface area contributed by atoms with Crippen molar-refractivity contribution in [3.63, 3.8) is 0 Å². The Bertz CT molecular complexity index is 207. The molecule has 0 aromatic carbocycles. The average molecular weight is 243 g/mol. The zero-order valence-electron chi connectivity index (χ0n) is 12.1. The van der Waals surface area contributed by atoms with Gasteiger partial charge in [0.1, 0.15) is 0 Å². The van der Waals surface area contributed by atoms with Crippen molar-refractivity contribution in [3.8, 4) is 0 Å². The topological polar surface area (TPSA) is 30.5 Å². The van der Waals surface area contributed by atoms with E-state index in [1.807, 2.05) is 14.2 Å². The largest absolute Gasteiger partial charge is 0.381 e. The molecule has 0 saturated carbocycles. The predicted molar refractivity (Wildman–Crippen MR) is 71.3 cm³/mol. The molecule has 0 aromatic rings. The Morgan fingerprint density at radius 3 is 2.29 bits per heavy atom. The van der Waals surface area contributed by atoms with E-state index in [9.17, 15) is 0 Å². The smallest absolute Gasteiger partial charge is 0.0772 e. The molecule has 0 bridgehead atoms. The van der Waals surface area contributed by atoms with Crippen molar-refractivity contribution in [2.75, 3.05) is 27.4 Å². The van der Waals surface area contributed by atoms with Gasteiger partial charge in [-0.2, -0.15) is 0 Å². The van der Waals surface area contributed by atoms with Crippen LogP contribution in [0.5, 0.6) is 0 Å². The molecule has 1 aliphatic heterocycles. The molecule has 0 spiro atoms. The van der Waals surface area contributed by atoms with Gasteiger partial charge in [-0.3, -0.25) is 0 Å². The molecule has 1 N–H and O–H groups in total. The summed E-state index contributed by atoms with van der Waals surface area (Å²) < 4.78 is 11.1. The lowest BCUT2D eigenvalue weighted by Gasteiger charge is -2.38. The normalized spacial score (nSPS) is 22.4. The molecule has 0 amide bonds. The zero-order chi connectivity index (χ0) is 12.9. The first-order valence-corrected chi connectivity index (χ1v) is 6.76. The van der Waals surface area contributed by atoms with E-state index in [0.29, 0.717) is 6.04 Å². The molecule has 102 valence electrons. The van der Waals surface area contributed by atoms with Crippen LogP contribution in [0.4, 0.5) is 0 Å². The summed E-state index contributed by atoms with van der Waals surface area (Å²) in [5.74, 6) is 0.779. The number of rotatable bonds is 5. The highest BCUT2D eigenvalue weighted by molar-refractivity contribution is 4.87. The van der Waals surface area contributed by atoms with Crippen LogP contribution in [0.2, 0.25) is 0 Å². The molecule has 2 atom stereocenters. The lowest BCUT2D eigenvalue weighted by atomic mass is 9.80. The van der Waals surface area contributed by atoms with Crippen molar-refractivity contribution >= 4 is 0 Å². The van der Waals surface area contributed by atoms with Crippen LogP contribution in [-0.2, 0) is 9.47 Å². The maximum Gasteiger partial charge on any atom is 0.0772 e. The van der Waals surface area contributed by atoms with Crippen LogP contribution in [0, 0.1) is 11.3 Å². The monoisotopic (exact) mass is 243 g/mol. The van der Waals surface area contributed by atoms with Crippen molar-refractivity contribution < 1.29 is 9.47 Å². The highest BCUT2D eigenvalue weighted by atomic mass is 16.5. The van der Waals surface area contributed by atoms with Gasteiger partial charge in [-0.1, -0.05) is 20.8 Å². The van der Waals surface area contributed by atoms with Gasteiger partial charge in [0, 0.05) is 26.4 Å². The van der Waals surface area contributed by atoms with Crippen molar-refractivity contribution in [1.82, 2.24) is 5.32 Å². The number of methoxy groups -OCH3 is 1. The summed E-state index contributed by atoms with van der Waals surface area (Å²) in [6.07, 6.45) is 3.84. The minimum Gasteiger partial charge on any atom is -0.381 e. The highest BCUT2D eigenvalue weighted by Crippen LogP contribution is 2.29. The second-order valence-electron chi connectivity index (χ2n) is 6.21. The van der Waals surface area contributed by atoms with Gasteiger partial charge in [-0.05, 0) is 37.6 Å². The molecule has 1 fully saturated rings. The Labute approximate surface area is 106 Å². The lowest BCUT2D eigenvalue weighted by Crippen LogP contribution is -2.47. The summed E-state index contributed by atoms with van der Waals surface area (Å²) in [5.41, 5.74) is 0.174. The Morgan fingerprint density at radius 2 is 1.88 bits per heavy atom. The van der Waals surface area contributed by atoms with E-state index in [2.05, 4.69) is 26.1 Å². The molecule has 17 heavy (non-hydrogen) atoms. The first kappa shape index (κ1) is 14.9. The zero-order valence-corrected chi connectivity index (χ0v) is 12.1. The Kier molecular flexibility index (Phi) is 5.90. The van der Waals surface area contributed by atoms with Gasteiger partial charge in [-0.25, -0.2) is 0 Å². The molecule has 3 nitrogen and oxygen atoms in total. The predicted octanol–water partition coefficient (Wildman–Crippen LogP) is 2.45. The fourth-order valence-corrected chi connectivity index (χ4v) is 2.86. The molecule has 1 saturated heterocycles. The lowest BCUT2D eigenvalue weighted by molar-refractivity contribution is -0.0216. The third-order valence-corrected chi connectivity index (χ3v) is 3.77. The summed E-state index contributed by atoms with van der Waals surface area (Å²) in [4.78, 5) is 0. The summed E-state index contributed by atoms with van der Waals surface area (Å²) in [6, 6.07) is 0.433. The Balaban J connectivity index is 2.56. The quantitative estimate of drug-likeness (QED) is 0.804. The molecule has 1 rings (SSSR count). The maximum absolute atomic E-state index is 5.72. The van der Waals surface area contributed by atoms with Gasteiger partial charge in [0.15, 0.2) is 0 Å². The molecule has 2 unspecified atom stereocenters. The summed E-state index contributed by atoms with van der Waals surface area (Å²) in [5, 5.41) is 3.44. The number of likely N-dealkylation sites (N-methyl/N-ethyl adjacent to an activating group) is 1. The van der Waals surface area contributed by atoms with E-state index in [4.69, 9.17) is 9.47 Å². The fraction of sp³-hybridized carbons (Fsp3) is 1.00. The first-order valence-electron chi connectivity index (χ1n) is 6.76. The van der Waals surface area contributed by atoms with E-state index < -0.39 is 0 Å². The molecular formula is C14H29NO2. The van der Waals surface area contributed by atoms with Crippen LogP contribution in [0.15, 0.2) is 0 Å². The van der Waals surface area contributed by atoms with Crippen molar-refractivity contribution in [1.29, 1.82) is 0 Å². The number of hydrogen-bond acceptors (Lipinski definition) is 3. The van der Waals surface area contributed by atoms with Crippen LogP contribution in [-0.4, -0.2) is 39.5 Å². The van der Waals surface area contributed by atoms with Gasteiger partial charge in [0.2, 0.25) is 0 Å². The van der Waals surface area contributed by atoms with E-state index in [1.165, 1.54) is 19.3 Å². The van der Waals surface area contributed by atoms with E-state index in [1.54, 1.807) is 0 Å². The second-order valence-corrected chi connectivity index (χ2v) is 6.21. The third kappa shape index (κ3) is 4.57. The molecule has 0 radical (unpaired) electrons. The van der Waals surface area contributed by atoms with Gasteiger partial charge >= 0.3 is 0 Å². The first-order chi connectivity index (χ1) is 7.99. The van der Waals surface area contributed by atoms with E-state index >= 15 is 0 Å². The molecule has 0 aliphatic carbocycles. The van der Waals surface area contributed by atoms with Crippen LogP contribution < -0.4 is 5.32 Å². The number of nitrogens with one attached hydrogen (secondary N) is 1. The van der Waals surface area contributed by atoms with Crippen LogP contribution in [0.25, 0.3) is 0 Å². The molecular weight excluding hydrogens is 214 g/mol. The van der Waals surface area contributed by atoms with Crippen molar-refractivity contribution in [2.45, 2.75) is 52.2 Å². The number of hydrogen-bond donors (Lipinski definition) is 1. The summed E-state index contributed by atoms with van der Waals surface area (Å²) in [7, 11) is 3.87. The van der Waals surface area contributed by atoms with Crippen LogP contribution in [0.3, 0.4) is 0 Å². The minimum absolute atomic E-state index is 0.174. The van der Waals surface area contributed by atoms with Crippen molar-refractivity contribution in [2.24, 2.45) is 11.3 Å². The van der Waals surface area contributed by atoms with Gasteiger partial charge < -0.3 is 14.8 Å². The number of ether oxygens (including phenoxy) is 2. The second kappa shape index (κ2) is 6.72. The van der Waals surface area contributed by atoms with Crippen molar-refractivity contribution in [3.05, 3.63) is 0 Å². The SMILES string of the molecule is CNC(CC1CCOCC1)C(OC)C(C)(C)C. The van der Waals surface area contributed by atoms with E-state index in [-0.39, 0.29) is 11.5 Å². The fourth-order valence-electron chi connectivity index (χ4n) is 2.86. The molecule has 3 heteroatoms. The summed E-state index contributed by atoms with van der Waals surface area (Å²) >= 11 is 0. The standard InChI is InChI=1S/C14H29NO2/c1-14(2,3)13(16-5)12(15-4)10-11-6-8-17-9-7-11/h11-13,15H,6-10H2,1-5H3. The third-order valence-electron chi connectivity index (χ3n) is 3.77. The molecule has 0 aromatic heterocycles. The van der Waals surface area contributed by atoms with Gasteiger partial charge in [0.05, 0.1) is 6.10 Å². The van der Waals surface area contributed by atoms with Gasteiger partial charge in [-0.15, -0.1) is 0 Å². The summed E-state index contributed by atoms with van der Waals surface area (Å²) in [6.45, 7) is 8.59. The Morgan fingerprint density at radius 1 is 1.29 bits per heavy atom. The molecule has 1 heterocycles. The Hall–Kier alpha value is -0.120. The maximum atomic E-state index is 5.72. The van der Waals surface area contributed by atoms with Crippen LogP contribution in [0.1, 0.15) is 40.0 Å². The average Bonchev–Trinajstić information content (AvgIpc) is 2.28.